The van der Waals surface area contributed by atoms with E-state index in [0.29, 0.717) is 12.0 Å². The van der Waals surface area contributed by atoms with Crippen molar-refractivity contribution >= 4 is 5.91 Å². The Morgan fingerprint density at radius 1 is 1.43 bits per heavy atom. The molecule has 0 spiro atoms. The van der Waals surface area contributed by atoms with Crippen LogP contribution in [0.3, 0.4) is 0 Å². The van der Waals surface area contributed by atoms with Crippen molar-refractivity contribution in [2.75, 3.05) is 0 Å². The molecule has 5 rings (SSSR count). The molecule has 0 radical (unpaired) electrons. The zero-order valence-corrected chi connectivity index (χ0v) is 14.6. The Balaban J connectivity index is 1.60. The van der Waals surface area contributed by atoms with Gasteiger partial charge in [-0.15, -0.1) is 0 Å². The van der Waals surface area contributed by atoms with Crippen LogP contribution in [0, 0.1) is 11.8 Å². The summed E-state index contributed by atoms with van der Waals surface area (Å²) in [4.78, 5) is 13.0. The summed E-state index contributed by atoms with van der Waals surface area (Å²) < 4.78 is 2.26. The summed E-state index contributed by atoms with van der Waals surface area (Å²) in [5.41, 5.74) is 1.29. The maximum Gasteiger partial charge on any atom is 0.224 e. The average molecular weight is 315 g/mol. The van der Waals surface area contributed by atoms with Crippen LogP contribution in [-0.4, -0.2) is 21.2 Å². The van der Waals surface area contributed by atoms with Crippen LogP contribution in [0.5, 0.6) is 0 Å². The van der Waals surface area contributed by atoms with Crippen molar-refractivity contribution in [1.29, 1.82) is 0 Å². The van der Waals surface area contributed by atoms with Gasteiger partial charge in [-0.3, -0.25) is 9.48 Å². The molecule has 4 aliphatic rings. The Kier molecular flexibility index (Phi) is 3.37. The van der Waals surface area contributed by atoms with Crippen LogP contribution in [0.4, 0.5) is 0 Å². The normalized spacial score (nSPS) is 33.2. The number of nitrogens with zero attached hydrogens (tertiary/aromatic N) is 2. The van der Waals surface area contributed by atoms with Crippen LogP contribution in [0.1, 0.15) is 77.5 Å². The van der Waals surface area contributed by atoms with Crippen molar-refractivity contribution in [2.24, 2.45) is 11.8 Å². The zero-order chi connectivity index (χ0) is 16.2. The lowest BCUT2D eigenvalue weighted by atomic mass is 9.58. The molecule has 3 unspecified atom stereocenters. The molecule has 1 N–H and O–H groups in total. The van der Waals surface area contributed by atoms with E-state index in [-0.39, 0.29) is 22.8 Å². The molecule has 3 atom stereocenters. The Hall–Kier alpha value is -1.32. The van der Waals surface area contributed by atoms with E-state index < -0.39 is 0 Å². The lowest BCUT2D eigenvalue weighted by molar-refractivity contribution is -0.134. The molecule has 4 fully saturated rings. The first-order chi connectivity index (χ1) is 11.0. The van der Waals surface area contributed by atoms with Gasteiger partial charge in [0.2, 0.25) is 5.91 Å². The monoisotopic (exact) mass is 315 g/mol. The van der Waals surface area contributed by atoms with Crippen molar-refractivity contribution in [3.63, 3.8) is 0 Å². The highest BCUT2D eigenvalue weighted by atomic mass is 16.2. The molecule has 4 heteroatoms. The molecule has 4 aliphatic carbocycles. The largest absolute Gasteiger partial charge is 0.351 e. The van der Waals surface area contributed by atoms with E-state index in [1.165, 1.54) is 37.8 Å². The van der Waals surface area contributed by atoms with E-state index >= 15 is 0 Å². The van der Waals surface area contributed by atoms with Crippen LogP contribution in [0.2, 0.25) is 0 Å². The van der Waals surface area contributed by atoms with Gasteiger partial charge in [0.05, 0.1) is 12.0 Å². The molecular weight excluding hydrogens is 286 g/mol. The summed E-state index contributed by atoms with van der Waals surface area (Å²) in [5.74, 6) is 1.00. The van der Waals surface area contributed by atoms with Crippen molar-refractivity contribution in [3.05, 3.63) is 18.0 Å². The topological polar surface area (TPSA) is 46.9 Å². The minimum absolute atomic E-state index is 0.0602. The van der Waals surface area contributed by atoms with Gasteiger partial charge in [0, 0.05) is 22.8 Å². The van der Waals surface area contributed by atoms with E-state index in [9.17, 15) is 4.79 Å². The van der Waals surface area contributed by atoms with Gasteiger partial charge >= 0.3 is 0 Å². The van der Waals surface area contributed by atoms with Gasteiger partial charge in [-0.25, -0.2) is 0 Å². The number of carbonyl (C=O) groups is 1. The first-order valence-corrected chi connectivity index (χ1v) is 9.33. The Labute approximate surface area is 139 Å². The highest BCUT2D eigenvalue weighted by Crippen LogP contribution is 2.64. The molecule has 0 aliphatic heterocycles. The molecular formula is C19H29N3O. The predicted molar refractivity (Wildman–Crippen MR) is 90.1 cm³/mol. The second kappa shape index (κ2) is 5.09. The van der Waals surface area contributed by atoms with Crippen LogP contribution in [0.25, 0.3) is 0 Å². The number of carbonyl (C=O) groups excluding carboxylic acids is 1. The summed E-state index contributed by atoms with van der Waals surface area (Å²) in [7, 11) is 0. The van der Waals surface area contributed by atoms with E-state index in [1.54, 1.807) is 0 Å². The minimum Gasteiger partial charge on any atom is -0.351 e. The summed E-state index contributed by atoms with van der Waals surface area (Å²) in [5, 5.41) is 7.93. The highest BCUT2D eigenvalue weighted by molar-refractivity contribution is 5.83. The van der Waals surface area contributed by atoms with E-state index in [2.05, 4.69) is 41.9 Å². The van der Waals surface area contributed by atoms with Gasteiger partial charge in [-0.1, -0.05) is 6.92 Å². The summed E-state index contributed by atoms with van der Waals surface area (Å²) >= 11 is 0. The van der Waals surface area contributed by atoms with Gasteiger partial charge in [0.25, 0.3) is 0 Å². The zero-order valence-electron chi connectivity index (χ0n) is 14.6. The molecule has 4 nitrogen and oxygen atoms in total. The maximum absolute atomic E-state index is 13.0. The molecule has 23 heavy (non-hydrogen) atoms. The molecule has 126 valence electrons. The first-order valence-electron chi connectivity index (χ1n) is 9.33. The smallest absolute Gasteiger partial charge is 0.224 e. The number of amides is 1. The lowest BCUT2D eigenvalue weighted by Gasteiger charge is -2.48. The SMILES string of the molecule is CCC(C)(C)NC(=O)C1C2CCC1(c1ccnn1C1CCC1)C2. The Morgan fingerprint density at radius 2 is 2.22 bits per heavy atom. The van der Waals surface area contributed by atoms with Crippen LogP contribution >= 0.6 is 0 Å². The number of nitrogens with one attached hydrogen (secondary N) is 1. The quantitative estimate of drug-likeness (QED) is 0.903. The molecule has 2 bridgehead atoms. The van der Waals surface area contributed by atoms with E-state index in [4.69, 9.17) is 0 Å². The third-order valence-corrected chi connectivity index (χ3v) is 6.88. The van der Waals surface area contributed by atoms with Crippen molar-refractivity contribution < 1.29 is 4.79 Å². The number of aromatic nitrogens is 2. The maximum atomic E-state index is 13.0. The van der Waals surface area contributed by atoms with Crippen molar-refractivity contribution in [1.82, 2.24) is 15.1 Å². The third-order valence-electron chi connectivity index (χ3n) is 6.88. The Morgan fingerprint density at radius 3 is 2.83 bits per heavy atom. The number of fused-ring (bicyclic) bond motifs is 1. The number of rotatable bonds is 5. The van der Waals surface area contributed by atoms with Gasteiger partial charge in [0.15, 0.2) is 0 Å². The molecule has 0 saturated heterocycles. The van der Waals surface area contributed by atoms with Gasteiger partial charge in [0.1, 0.15) is 0 Å². The minimum atomic E-state index is -0.110. The molecule has 1 aromatic rings. The predicted octanol–water partition coefficient (Wildman–Crippen LogP) is 3.58. The standard InChI is InChI=1S/C19H29N3O/c1-4-18(2,3)21-17(23)16-13-8-10-19(16,12-13)15-9-11-20-22(15)14-6-5-7-14/h9,11,13-14,16H,4-8,10,12H2,1-3H3,(H,21,23). The highest BCUT2D eigenvalue weighted by Gasteiger charge is 2.64. The summed E-state index contributed by atoms with van der Waals surface area (Å²) in [6.45, 7) is 6.38. The fraction of sp³-hybridized carbons (Fsp3) is 0.789. The van der Waals surface area contributed by atoms with Gasteiger partial charge < -0.3 is 5.32 Å². The summed E-state index contributed by atoms with van der Waals surface area (Å²) in [6, 6.07) is 2.76. The molecule has 1 heterocycles. The second-order valence-corrected chi connectivity index (χ2v) is 8.61. The number of hydrogen-bond donors (Lipinski definition) is 1. The third kappa shape index (κ3) is 2.17. The van der Waals surface area contributed by atoms with E-state index in [1.807, 2.05) is 6.20 Å². The average Bonchev–Trinajstić information content (AvgIpc) is 3.08. The molecule has 0 aromatic carbocycles. The van der Waals surface area contributed by atoms with Crippen LogP contribution in [0.15, 0.2) is 12.3 Å². The van der Waals surface area contributed by atoms with Crippen molar-refractivity contribution in [3.8, 4) is 0 Å². The fourth-order valence-corrected chi connectivity index (χ4v) is 4.96. The van der Waals surface area contributed by atoms with Gasteiger partial charge in [-0.2, -0.15) is 5.10 Å². The molecule has 1 aromatic heterocycles. The molecule has 1 amide bonds. The van der Waals surface area contributed by atoms with Crippen LogP contribution < -0.4 is 5.32 Å². The first kappa shape index (κ1) is 15.2. The van der Waals surface area contributed by atoms with Crippen LogP contribution in [-0.2, 0) is 10.2 Å². The number of hydrogen-bond acceptors (Lipinski definition) is 2. The Bertz CT molecular complexity index is 612. The lowest BCUT2D eigenvalue weighted by Crippen LogP contribution is -2.57. The van der Waals surface area contributed by atoms with Gasteiger partial charge in [-0.05, 0) is 70.8 Å². The summed E-state index contributed by atoms with van der Waals surface area (Å²) in [6.07, 6.45) is 10.2. The molecule has 4 saturated carbocycles. The fourth-order valence-electron chi connectivity index (χ4n) is 4.96. The van der Waals surface area contributed by atoms with E-state index in [0.717, 1.165) is 12.8 Å². The van der Waals surface area contributed by atoms with Crippen molar-refractivity contribution in [2.45, 2.75) is 82.7 Å². The second-order valence-electron chi connectivity index (χ2n) is 8.61.